The first kappa shape index (κ1) is 25.0. The molecular weight excluding hydrogens is 523 g/mol. The van der Waals surface area contributed by atoms with Crippen LogP contribution in [0.25, 0.3) is 0 Å². The number of rotatable bonds is 4. The molecule has 0 saturated carbocycles. The molecule has 1 N–H and O–H groups in total. The summed E-state index contributed by atoms with van der Waals surface area (Å²) in [6.45, 7) is 3.07. The molecule has 0 radical (unpaired) electrons. The molecular formula is C25H22ClFN4O5S. The summed E-state index contributed by atoms with van der Waals surface area (Å²) in [4.78, 5) is 44.5. The largest absolute Gasteiger partial charge is 0.465 e. The fraction of sp³-hybridized carbons (Fsp3) is 0.280. The van der Waals surface area contributed by atoms with Crippen LogP contribution in [0.5, 0.6) is 10.8 Å². The van der Waals surface area contributed by atoms with Crippen molar-refractivity contribution in [2.45, 2.75) is 18.8 Å². The first-order chi connectivity index (χ1) is 17.7. The number of aromatic nitrogens is 1. The van der Waals surface area contributed by atoms with Crippen LogP contribution in [0.3, 0.4) is 0 Å². The third kappa shape index (κ3) is 4.72. The van der Waals surface area contributed by atoms with Crippen LogP contribution in [0, 0.1) is 5.82 Å². The van der Waals surface area contributed by atoms with Gasteiger partial charge in [-0.25, -0.2) is 19.0 Å². The zero-order valence-corrected chi connectivity index (χ0v) is 21.5. The number of methoxy groups -OCH3 is 1. The quantitative estimate of drug-likeness (QED) is 0.461. The van der Waals surface area contributed by atoms with Gasteiger partial charge in [0.15, 0.2) is 5.13 Å². The maximum atomic E-state index is 14.2. The number of amides is 3. The summed E-state index contributed by atoms with van der Waals surface area (Å²) >= 11 is 7.35. The van der Waals surface area contributed by atoms with Gasteiger partial charge in [0, 0.05) is 48.7 Å². The number of hydrogen-bond acceptors (Lipinski definition) is 7. The Morgan fingerprint density at radius 3 is 2.70 bits per heavy atom. The summed E-state index contributed by atoms with van der Waals surface area (Å²) in [6.07, 6.45) is 2.14. The second kappa shape index (κ2) is 9.64. The second-order valence-electron chi connectivity index (χ2n) is 8.87. The van der Waals surface area contributed by atoms with Crippen LogP contribution in [0.4, 0.5) is 20.0 Å². The number of carbonyl (C=O) groups is 3. The molecule has 12 heteroatoms. The van der Waals surface area contributed by atoms with Crippen molar-refractivity contribution in [3.63, 3.8) is 0 Å². The molecule has 1 aromatic heterocycles. The SMILES string of the molecule is COC(=O)c1ccc(Oc2cnc(NC(=O)N3CC4(CCN(C(C)=O)C4)c4cc(Cl)ccc43)s2)cc1F. The topological polar surface area (TPSA) is 101 Å². The Balaban J connectivity index is 1.31. The van der Waals surface area contributed by atoms with Gasteiger partial charge in [-0.2, -0.15) is 0 Å². The van der Waals surface area contributed by atoms with Crippen molar-refractivity contribution in [2.24, 2.45) is 0 Å². The average molecular weight is 545 g/mol. The van der Waals surface area contributed by atoms with Gasteiger partial charge in [0.2, 0.25) is 11.0 Å². The lowest BCUT2D eigenvalue weighted by Crippen LogP contribution is -2.41. The van der Waals surface area contributed by atoms with Gasteiger partial charge in [0.1, 0.15) is 11.6 Å². The number of halogens is 2. The van der Waals surface area contributed by atoms with Crippen molar-refractivity contribution in [2.75, 3.05) is 37.0 Å². The molecule has 1 fully saturated rings. The summed E-state index contributed by atoms with van der Waals surface area (Å²) in [5.74, 6) is -1.40. The zero-order valence-electron chi connectivity index (χ0n) is 19.9. The van der Waals surface area contributed by atoms with Crippen LogP contribution < -0.4 is 15.0 Å². The number of urea groups is 1. The first-order valence-corrected chi connectivity index (χ1v) is 12.5. The number of ether oxygens (including phenoxy) is 2. The maximum absolute atomic E-state index is 14.2. The molecule has 1 atom stereocenters. The fourth-order valence-electron chi connectivity index (χ4n) is 4.79. The number of anilines is 2. The second-order valence-corrected chi connectivity index (χ2v) is 10.3. The molecule has 3 heterocycles. The lowest BCUT2D eigenvalue weighted by Gasteiger charge is -2.25. The normalized spacial score (nSPS) is 18.2. The molecule has 5 rings (SSSR count). The van der Waals surface area contributed by atoms with Gasteiger partial charge < -0.3 is 14.4 Å². The van der Waals surface area contributed by atoms with Crippen molar-refractivity contribution in [3.05, 3.63) is 64.6 Å². The van der Waals surface area contributed by atoms with E-state index in [2.05, 4.69) is 15.0 Å². The lowest BCUT2D eigenvalue weighted by atomic mass is 9.81. The van der Waals surface area contributed by atoms with E-state index in [0.717, 1.165) is 35.1 Å². The number of hydrogen-bond donors (Lipinski definition) is 1. The van der Waals surface area contributed by atoms with E-state index in [1.54, 1.807) is 22.8 Å². The first-order valence-electron chi connectivity index (χ1n) is 11.3. The van der Waals surface area contributed by atoms with Crippen molar-refractivity contribution in [1.29, 1.82) is 0 Å². The molecule has 0 bridgehead atoms. The summed E-state index contributed by atoms with van der Waals surface area (Å²) < 4.78 is 24.4. The van der Waals surface area contributed by atoms with E-state index in [4.69, 9.17) is 16.3 Å². The van der Waals surface area contributed by atoms with Crippen LogP contribution >= 0.6 is 22.9 Å². The van der Waals surface area contributed by atoms with Gasteiger partial charge in [-0.05, 0) is 42.3 Å². The molecule has 3 amide bonds. The highest BCUT2D eigenvalue weighted by Gasteiger charge is 2.49. The highest BCUT2D eigenvalue weighted by molar-refractivity contribution is 7.17. The van der Waals surface area contributed by atoms with Gasteiger partial charge in [0.05, 0.1) is 18.9 Å². The summed E-state index contributed by atoms with van der Waals surface area (Å²) in [7, 11) is 1.17. The minimum absolute atomic E-state index is 0.00140. The van der Waals surface area contributed by atoms with E-state index in [0.29, 0.717) is 34.9 Å². The van der Waals surface area contributed by atoms with Crippen LogP contribution in [0.1, 0.15) is 29.3 Å². The molecule has 0 aliphatic carbocycles. The number of nitrogens with zero attached hydrogens (tertiary/aromatic N) is 3. The van der Waals surface area contributed by atoms with Gasteiger partial charge >= 0.3 is 12.0 Å². The van der Waals surface area contributed by atoms with Crippen LogP contribution in [-0.2, 0) is 14.9 Å². The number of esters is 1. The molecule has 1 saturated heterocycles. The van der Waals surface area contributed by atoms with Gasteiger partial charge in [-0.1, -0.05) is 22.9 Å². The van der Waals surface area contributed by atoms with Crippen LogP contribution in [-0.4, -0.2) is 54.5 Å². The Kier molecular flexibility index (Phi) is 6.50. The molecule has 192 valence electrons. The van der Waals surface area contributed by atoms with E-state index < -0.39 is 11.8 Å². The van der Waals surface area contributed by atoms with E-state index >= 15 is 0 Å². The van der Waals surface area contributed by atoms with Crippen molar-refractivity contribution in [3.8, 4) is 10.8 Å². The Morgan fingerprint density at radius 1 is 1.19 bits per heavy atom. The minimum Gasteiger partial charge on any atom is -0.465 e. The number of likely N-dealkylation sites (tertiary alicyclic amines) is 1. The van der Waals surface area contributed by atoms with Crippen molar-refractivity contribution in [1.82, 2.24) is 9.88 Å². The highest BCUT2D eigenvalue weighted by atomic mass is 35.5. The number of thiazole rings is 1. The molecule has 1 spiro atoms. The van der Waals surface area contributed by atoms with E-state index in [-0.39, 0.29) is 28.7 Å². The minimum atomic E-state index is -0.786. The number of nitrogens with one attached hydrogen (secondary N) is 1. The number of fused-ring (bicyclic) bond motifs is 2. The van der Waals surface area contributed by atoms with E-state index in [9.17, 15) is 18.8 Å². The van der Waals surface area contributed by atoms with Gasteiger partial charge in [0.25, 0.3) is 0 Å². The molecule has 1 unspecified atom stereocenters. The third-order valence-corrected chi connectivity index (χ3v) is 7.61. The Morgan fingerprint density at radius 2 is 2.00 bits per heavy atom. The fourth-order valence-corrected chi connectivity index (χ4v) is 5.64. The highest BCUT2D eigenvalue weighted by Crippen LogP contribution is 2.47. The van der Waals surface area contributed by atoms with Crippen molar-refractivity contribution < 1.29 is 28.2 Å². The third-order valence-electron chi connectivity index (χ3n) is 6.59. The Bertz CT molecular complexity index is 1420. The van der Waals surface area contributed by atoms with Gasteiger partial charge in [-0.15, -0.1) is 0 Å². The molecule has 2 aliphatic rings. The number of benzene rings is 2. The lowest BCUT2D eigenvalue weighted by molar-refractivity contribution is -0.127. The van der Waals surface area contributed by atoms with Gasteiger partial charge in [-0.3, -0.25) is 15.0 Å². The molecule has 9 nitrogen and oxygen atoms in total. The Labute approximate surface area is 220 Å². The molecule has 37 heavy (non-hydrogen) atoms. The number of carbonyl (C=O) groups excluding carboxylic acids is 3. The van der Waals surface area contributed by atoms with E-state index in [1.807, 2.05) is 12.1 Å². The predicted octanol–water partition coefficient (Wildman–Crippen LogP) is 5.06. The smallest absolute Gasteiger partial charge is 0.340 e. The maximum Gasteiger partial charge on any atom is 0.340 e. The average Bonchev–Trinajstić information content (AvgIpc) is 3.57. The zero-order chi connectivity index (χ0) is 26.3. The molecule has 2 aromatic carbocycles. The molecule has 2 aliphatic heterocycles. The van der Waals surface area contributed by atoms with Crippen LogP contribution in [0.15, 0.2) is 42.6 Å². The summed E-state index contributed by atoms with van der Waals surface area (Å²) in [5, 5.41) is 3.97. The Hall–Kier alpha value is -3.70. The summed E-state index contributed by atoms with van der Waals surface area (Å²) in [5.41, 5.74) is 1.09. The predicted molar refractivity (Wildman–Crippen MR) is 136 cm³/mol. The van der Waals surface area contributed by atoms with Crippen molar-refractivity contribution >= 4 is 51.7 Å². The standard InChI is InChI=1S/C25H22ClFN4O5S/c1-14(32)30-8-7-25(12-30)13-31(20-6-3-15(26)9-18(20)25)24(34)29-23-28-11-21(37-23)36-16-4-5-17(19(27)10-16)22(33)35-2/h3-6,9-11H,7-8,12-13H2,1-2H3,(H,28,29,34). The van der Waals surface area contributed by atoms with E-state index in [1.165, 1.54) is 25.4 Å². The monoisotopic (exact) mass is 544 g/mol. The molecule has 3 aromatic rings. The summed E-state index contributed by atoms with van der Waals surface area (Å²) in [6, 6.07) is 8.81. The van der Waals surface area contributed by atoms with Crippen LogP contribution in [0.2, 0.25) is 5.02 Å².